The van der Waals surface area contributed by atoms with Crippen LogP contribution in [-0.4, -0.2) is 55.5 Å². The second-order valence-corrected chi connectivity index (χ2v) is 7.05. The quantitative estimate of drug-likeness (QED) is 0.583. The van der Waals surface area contributed by atoms with Crippen molar-refractivity contribution in [2.75, 3.05) is 38.3 Å². The predicted octanol–water partition coefficient (Wildman–Crippen LogP) is 3.14. The number of nitrogens with zero attached hydrogens (tertiary/aromatic N) is 2. The molecular weight excluding hydrogens is 352 g/mol. The molecule has 0 radical (unpaired) electrons. The first-order valence-corrected chi connectivity index (χ1v) is 9.27. The van der Waals surface area contributed by atoms with Crippen LogP contribution in [0.25, 0.3) is 6.08 Å². The number of imide groups is 1. The van der Waals surface area contributed by atoms with E-state index in [1.807, 2.05) is 18.2 Å². The fourth-order valence-corrected chi connectivity index (χ4v) is 3.82. The fraction of sp³-hybridized carbons (Fsp3) is 0.368. The van der Waals surface area contributed by atoms with Crippen molar-refractivity contribution in [3.63, 3.8) is 0 Å². The third-order valence-corrected chi connectivity index (χ3v) is 5.34. The van der Waals surface area contributed by atoms with E-state index in [0.29, 0.717) is 23.9 Å². The number of ether oxygens (including phenoxy) is 2. The summed E-state index contributed by atoms with van der Waals surface area (Å²) in [7, 11) is 1.60. The van der Waals surface area contributed by atoms with E-state index in [1.165, 1.54) is 4.90 Å². The monoisotopic (exact) mass is 374 g/mol. The topological polar surface area (TPSA) is 59.1 Å². The van der Waals surface area contributed by atoms with Crippen LogP contribution >= 0.6 is 11.8 Å². The standard InChI is InChI=1S/C19H22N2O4S/c1-4-13(2)21-18(22)17(26-19(21)23)11-14-5-6-15(12-16(14)24-3)20-7-9-25-10-8-20/h4-6,11-13H,1,7-10H2,2-3H3/b17-11-/t13-/m1/s1. The van der Waals surface area contributed by atoms with E-state index in [1.54, 1.807) is 26.2 Å². The van der Waals surface area contributed by atoms with Gasteiger partial charge in [-0.3, -0.25) is 14.5 Å². The van der Waals surface area contributed by atoms with Gasteiger partial charge < -0.3 is 14.4 Å². The molecule has 2 aliphatic rings. The summed E-state index contributed by atoms with van der Waals surface area (Å²) in [4.78, 5) is 28.5. The van der Waals surface area contributed by atoms with Crippen molar-refractivity contribution >= 4 is 34.7 Å². The lowest BCUT2D eigenvalue weighted by molar-refractivity contribution is -0.123. The van der Waals surface area contributed by atoms with Gasteiger partial charge in [0.25, 0.3) is 11.1 Å². The zero-order valence-electron chi connectivity index (χ0n) is 14.9. The molecule has 0 bridgehead atoms. The van der Waals surface area contributed by atoms with Crippen molar-refractivity contribution in [3.8, 4) is 5.75 Å². The minimum Gasteiger partial charge on any atom is -0.496 e. The Morgan fingerprint density at radius 3 is 2.69 bits per heavy atom. The van der Waals surface area contributed by atoms with Gasteiger partial charge in [-0.15, -0.1) is 6.58 Å². The predicted molar refractivity (Wildman–Crippen MR) is 103 cm³/mol. The summed E-state index contributed by atoms with van der Waals surface area (Å²) < 4.78 is 10.9. The first kappa shape index (κ1) is 18.5. The van der Waals surface area contributed by atoms with E-state index < -0.39 is 0 Å². The maximum Gasteiger partial charge on any atom is 0.294 e. The van der Waals surface area contributed by atoms with Crippen LogP contribution in [0.5, 0.6) is 5.75 Å². The summed E-state index contributed by atoms with van der Waals surface area (Å²) in [6, 6.07) is 5.53. The second kappa shape index (κ2) is 7.97. The van der Waals surface area contributed by atoms with Gasteiger partial charge in [-0.2, -0.15) is 0 Å². The van der Waals surface area contributed by atoms with Gasteiger partial charge in [0, 0.05) is 30.4 Å². The van der Waals surface area contributed by atoms with E-state index in [-0.39, 0.29) is 17.2 Å². The molecule has 6 nitrogen and oxygen atoms in total. The molecule has 7 heteroatoms. The normalized spacial score (nSPS) is 20.6. The average Bonchev–Trinajstić information content (AvgIpc) is 2.95. The average molecular weight is 374 g/mol. The van der Waals surface area contributed by atoms with Gasteiger partial charge in [0.15, 0.2) is 0 Å². The Balaban J connectivity index is 1.87. The van der Waals surface area contributed by atoms with Crippen molar-refractivity contribution in [1.29, 1.82) is 0 Å². The number of hydrogen-bond acceptors (Lipinski definition) is 6. The molecule has 1 aromatic rings. The van der Waals surface area contributed by atoms with Crippen molar-refractivity contribution in [3.05, 3.63) is 41.3 Å². The highest BCUT2D eigenvalue weighted by atomic mass is 32.2. The fourth-order valence-electron chi connectivity index (χ4n) is 2.91. The van der Waals surface area contributed by atoms with Gasteiger partial charge in [-0.05, 0) is 36.9 Å². The van der Waals surface area contributed by atoms with Gasteiger partial charge in [0.1, 0.15) is 5.75 Å². The lowest BCUT2D eigenvalue weighted by atomic mass is 10.1. The third kappa shape index (κ3) is 3.64. The molecule has 2 fully saturated rings. The summed E-state index contributed by atoms with van der Waals surface area (Å²) in [6.07, 6.45) is 3.29. The van der Waals surface area contributed by atoms with Crippen LogP contribution in [-0.2, 0) is 9.53 Å². The van der Waals surface area contributed by atoms with Gasteiger partial charge in [0.2, 0.25) is 0 Å². The van der Waals surface area contributed by atoms with E-state index in [4.69, 9.17) is 9.47 Å². The van der Waals surface area contributed by atoms with E-state index in [9.17, 15) is 9.59 Å². The number of carbonyl (C=O) groups excluding carboxylic acids is 2. The number of carbonyl (C=O) groups is 2. The number of morpholine rings is 1. The van der Waals surface area contributed by atoms with Crippen molar-refractivity contribution < 1.29 is 19.1 Å². The van der Waals surface area contributed by atoms with Crippen LogP contribution in [0, 0.1) is 0 Å². The largest absolute Gasteiger partial charge is 0.496 e. The van der Waals surface area contributed by atoms with Crippen molar-refractivity contribution in [2.24, 2.45) is 0 Å². The number of benzene rings is 1. The highest BCUT2D eigenvalue weighted by Crippen LogP contribution is 2.36. The molecule has 2 heterocycles. The molecule has 2 aliphatic heterocycles. The molecule has 0 unspecified atom stereocenters. The zero-order chi connectivity index (χ0) is 18.7. The molecule has 26 heavy (non-hydrogen) atoms. The Morgan fingerprint density at radius 1 is 1.31 bits per heavy atom. The first-order chi connectivity index (χ1) is 12.5. The lowest BCUT2D eigenvalue weighted by Gasteiger charge is -2.29. The van der Waals surface area contributed by atoms with Crippen molar-refractivity contribution in [1.82, 2.24) is 4.90 Å². The highest BCUT2D eigenvalue weighted by Gasteiger charge is 2.37. The number of amides is 2. The Hall–Kier alpha value is -2.25. The van der Waals surface area contributed by atoms with Crippen LogP contribution in [0.15, 0.2) is 35.8 Å². The molecule has 0 saturated carbocycles. The molecule has 1 atom stereocenters. The number of anilines is 1. The van der Waals surface area contributed by atoms with Crippen LogP contribution < -0.4 is 9.64 Å². The van der Waals surface area contributed by atoms with E-state index in [2.05, 4.69) is 11.5 Å². The molecule has 2 saturated heterocycles. The summed E-state index contributed by atoms with van der Waals surface area (Å²) in [5.74, 6) is 0.365. The summed E-state index contributed by atoms with van der Waals surface area (Å²) >= 11 is 0.940. The summed E-state index contributed by atoms with van der Waals surface area (Å²) in [6.45, 7) is 8.51. The van der Waals surface area contributed by atoms with Gasteiger partial charge in [-0.1, -0.05) is 6.08 Å². The summed E-state index contributed by atoms with van der Waals surface area (Å²) in [5, 5.41) is -0.280. The van der Waals surface area contributed by atoms with Crippen LogP contribution in [0.4, 0.5) is 10.5 Å². The van der Waals surface area contributed by atoms with Gasteiger partial charge in [-0.25, -0.2) is 0 Å². The van der Waals surface area contributed by atoms with Crippen LogP contribution in [0.2, 0.25) is 0 Å². The lowest BCUT2D eigenvalue weighted by Crippen LogP contribution is -2.36. The Labute approximate surface area is 157 Å². The van der Waals surface area contributed by atoms with Gasteiger partial charge in [0.05, 0.1) is 31.3 Å². The van der Waals surface area contributed by atoms with Crippen LogP contribution in [0.3, 0.4) is 0 Å². The maximum atomic E-state index is 12.5. The zero-order valence-corrected chi connectivity index (χ0v) is 15.8. The maximum absolute atomic E-state index is 12.5. The third-order valence-electron chi connectivity index (χ3n) is 4.45. The molecule has 0 N–H and O–H groups in total. The van der Waals surface area contributed by atoms with Crippen LogP contribution in [0.1, 0.15) is 12.5 Å². The molecule has 0 aliphatic carbocycles. The van der Waals surface area contributed by atoms with E-state index >= 15 is 0 Å². The number of methoxy groups -OCH3 is 1. The Kier molecular flexibility index (Phi) is 5.68. The number of rotatable bonds is 5. The minimum absolute atomic E-state index is 0.280. The minimum atomic E-state index is -0.334. The molecule has 1 aromatic carbocycles. The molecular formula is C19H22N2O4S. The molecule has 3 rings (SSSR count). The van der Waals surface area contributed by atoms with E-state index in [0.717, 1.165) is 36.1 Å². The second-order valence-electron chi connectivity index (χ2n) is 6.05. The molecule has 138 valence electrons. The molecule has 2 amide bonds. The first-order valence-electron chi connectivity index (χ1n) is 8.45. The smallest absolute Gasteiger partial charge is 0.294 e. The van der Waals surface area contributed by atoms with Crippen molar-refractivity contribution in [2.45, 2.75) is 13.0 Å². The SMILES string of the molecule is C=C[C@@H](C)N1C(=O)S/C(=C\c2ccc(N3CCOCC3)cc2OC)C1=O. The molecule has 0 aromatic heterocycles. The van der Waals surface area contributed by atoms with Gasteiger partial charge >= 0.3 is 0 Å². The Morgan fingerprint density at radius 2 is 2.04 bits per heavy atom. The highest BCUT2D eigenvalue weighted by molar-refractivity contribution is 8.18. The number of thioether (sulfide) groups is 1. The summed E-state index contributed by atoms with van der Waals surface area (Å²) in [5.41, 5.74) is 1.82. The molecule has 0 spiro atoms. The Bertz CT molecular complexity index is 756. The number of hydrogen-bond donors (Lipinski definition) is 0.